The van der Waals surface area contributed by atoms with Crippen LogP contribution in [-0.2, 0) is 16.4 Å². The fourth-order valence-corrected chi connectivity index (χ4v) is 3.24. The van der Waals surface area contributed by atoms with Crippen LogP contribution in [0.25, 0.3) is 0 Å². The van der Waals surface area contributed by atoms with E-state index in [0.29, 0.717) is 18.7 Å². The highest BCUT2D eigenvalue weighted by atomic mass is 32.2. The molecule has 0 saturated heterocycles. The van der Waals surface area contributed by atoms with E-state index in [9.17, 15) is 8.42 Å². The van der Waals surface area contributed by atoms with Crippen LogP contribution in [0.3, 0.4) is 0 Å². The average molecular weight is 305 g/mol. The molecule has 0 spiro atoms. The lowest BCUT2D eigenvalue weighted by atomic mass is 10.1. The van der Waals surface area contributed by atoms with Crippen molar-refractivity contribution in [3.8, 4) is 0 Å². The molecule has 21 heavy (non-hydrogen) atoms. The molecule has 1 aromatic heterocycles. The molecular formula is C15H19N3O2S. The number of sulfonamides is 1. The summed E-state index contributed by atoms with van der Waals surface area (Å²) in [5, 5.41) is 2.86. The molecule has 0 unspecified atom stereocenters. The molecule has 5 nitrogen and oxygen atoms in total. The molecule has 1 heterocycles. The maximum Gasteiger partial charge on any atom is 0.260 e. The Balaban J connectivity index is 2.07. The first-order valence-corrected chi connectivity index (χ1v) is 8.20. The molecule has 0 radical (unpaired) electrons. The highest BCUT2D eigenvalue weighted by molar-refractivity contribution is 7.89. The molecule has 0 saturated carbocycles. The second-order valence-corrected chi connectivity index (χ2v) is 6.36. The van der Waals surface area contributed by atoms with Crippen molar-refractivity contribution >= 4 is 15.7 Å². The number of nitrogens with one attached hydrogen (secondary N) is 2. The monoisotopic (exact) mass is 305 g/mol. The largest absolute Gasteiger partial charge is 0.386 e. The van der Waals surface area contributed by atoms with E-state index < -0.39 is 10.0 Å². The van der Waals surface area contributed by atoms with E-state index in [1.807, 2.05) is 31.2 Å². The first-order valence-electron chi connectivity index (χ1n) is 6.71. The lowest BCUT2D eigenvalue weighted by Gasteiger charge is -2.10. The highest BCUT2D eigenvalue weighted by Gasteiger charge is 2.18. The fourth-order valence-electron chi connectivity index (χ4n) is 2.07. The third-order valence-corrected chi connectivity index (χ3v) is 4.66. The van der Waals surface area contributed by atoms with Crippen LogP contribution in [0.1, 0.15) is 11.1 Å². The molecule has 0 aliphatic carbocycles. The van der Waals surface area contributed by atoms with Gasteiger partial charge in [0.05, 0.1) is 5.69 Å². The average Bonchev–Trinajstić information content (AvgIpc) is 2.49. The van der Waals surface area contributed by atoms with E-state index in [4.69, 9.17) is 0 Å². The van der Waals surface area contributed by atoms with Crippen LogP contribution in [0.5, 0.6) is 0 Å². The number of hydrogen-bond donors (Lipinski definition) is 2. The second kappa shape index (κ2) is 6.69. The molecule has 0 amide bonds. The SMILES string of the molecule is CNc1cccnc1S(=O)(=O)NCCc1ccccc1C. The van der Waals surface area contributed by atoms with Gasteiger partial charge >= 0.3 is 0 Å². The number of anilines is 1. The van der Waals surface area contributed by atoms with Crippen molar-refractivity contribution in [2.24, 2.45) is 0 Å². The number of aryl methyl sites for hydroxylation is 1. The molecule has 2 N–H and O–H groups in total. The van der Waals surface area contributed by atoms with Crippen molar-refractivity contribution in [2.75, 3.05) is 18.9 Å². The van der Waals surface area contributed by atoms with E-state index in [1.54, 1.807) is 19.2 Å². The number of pyridine rings is 1. The van der Waals surface area contributed by atoms with Crippen LogP contribution in [0.15, 0.2) is 47.6 Å². The van der Waals surface area contributed by atoms with Gasteiger partial charge in [0.15, 0.2) is 5.03 Å². The maximum absolute atomic E-state index is 12.3. The summed E-state index contributed by atoms with van der Waals surface area (Å²) >= 11 is 0. The Labute approximate surface area is 125 Å². The van der Waals surface area contributed by atoms with E-state index in [-0.39, 0.29) is 5.03 Å². The van der Waals surface area contributed by atoms with Gasteiger partial charge in [-0.3, -0.25) is 0 Å². The molecule has 0 aliphatic rings. The molecule has 0 atom stereocenters. The normalized spacial score (nSPS) is 11.3. The minimum Gasteiger partial charge on any atom is -0.386 e. The van der Waals surface area contributed by atoms with Gasteiger partial charge in [-0.25, -0.2) is 18.1 Å². The van der Waals surface area contributed by atoms with Gasteiger partial charge in [-0.05, 0) is 36.6 Å². The summed E-state index contributed by atoms with van der Waals surface area (Å²) in [7, 11) is -1.94. The summed E-state index contributed by atoms with van der Waals surface area (Å²) in [4.78, 5) is 3.95. The van der Waals surface area contributed by atoms with Crippen LogP contribution in [0.4, 0.5) is 5.69 Å². The Morgan fingerprint density at radius 1 is 1.14 bits per heavy atom. The number of benzene rings is 1. The minimum absolute atomic E-state index is 0.0253. The molecule has 2 rings (SSSR count). The third-order valence-electron chi connectivity index (χ3n) is 3.24. The zero-order valence-electron chi connectivity index (χ0n) is 12.1. The van der Waals surface area contributed by atoms with Crippen LogP contribution in [0, 0.1) is 6.92 Å². The summed E-state index contributed by atoms with van der Waals surface area (Å²) in [5.41, 5.74) is 2.78. The van der Waals surface area contributed by atoms with Gasteiger partial charge in [0.2, 0.25) is 0 Å². The Morgan fingerprint density at radius 3 is 2.62 bits per heavy atom. The van der Waals surface area contributed by atoms with Gasteiger partial charge in [-0.2, -0.15) is 0 Å². The standard InChI is InChI=1S/C15H19N3O2S/c1-12-6-3-4-7-13(12)9-11-18-21(19,20)15-14(16-2)8-5-10-17-15/h3-8,10,16,18H,9,11H2,1-2H3. The Morgan fingerprint density at radius 2 is 1.90 bits per heavy atom. The van der Waals surface area contributed by atoms with Crippen molar-refractivity contribution in [3.63, 3.8) is 0 Å². The number of hydrogen-bond acceptors (Lipinski definition) is 4. The van der Waals surface area contributed by atoms with E-state index >= 15 is 0 Å². The Bertz CT molecular complexity index is 714. The van der Waals surface area contributed by atoms with Crippen molar-refractivity contribution in [1.82, 2.24) is 9.71 Å². The minimum atomic E-state index is -3.61. The third kappa shape index (κ3) is 3.80. The quantitative estimate of drug-likeness (QED) is 0.856. The van der Waals surface area contributed by atoms with Gasteiger partial charge in [0.1, 0.15) is 0 Å². The van der Waals surface area contributed by atoms with Gasteiger partial charge in [0, 0.05) is 19.8 Å². The molecule has 0 aliphatic heterocycles. The van der Waals surface area contributed by atoms with E-state index in [1.165, 1.54) is 6.20 Å². The zero-order valence-corrected chi connectivity index (χ0v) is 12.9. The number of nitrogens with zero attached hydrogens (tertiary/aromatic N) is 1. The predicted octanol–water partition coefficient (Wildman–Crippen LogP) is 1.95. The van der Waals surface area contributed by atoms with Crippen LogP contribution >= 0.6 is 0 Å². The molecular weight excluding hydrogens is 286 g/mol. The van der Waals surface area contributed by atoms with Crippen molar-refractivity contribution in [3.05, 3.63) is 53.7 Å². The van der Waals surface area contributed by atoms with Crippen molar-refractivity contribution in [2.45, 2.75) is 18.4 Å². The Hall–Kier alpha value is -1.92. The van der Waals surface area contributed by atoms with Gasteiger partial charge < -0.3 is 5.32 Å². The van der Waals surface area contributed by atoms with Crippen molar-refractivity contribution < 1.29 is 8.42 Å². The van der Waals surface area contributed by atoms with Crippen LogP contribution < -0.4 is 10.0 Å². The topological polar surface area (TPSA) is 71.1 Å². The summed E-state index contributed by atoms with van der Waals surface area (Å²) in [6.45, 7) is 2.36. The predicted molar refractivity (Wildman–Crippen MR) is 83.9 cm³/mol. The molecule has 6 heteroatoms. The smallest absolute Gasteiger partial charge is 0.260 e. The number of rotatable bonds is 6. The molecule has 1 aromatic carbocycles. The summed E-state index contributed by atoms with van der Waals surface area (Å²) in [6.07, 6.45) is 2.12. The van der Waals surface area contributed by atoms with E-state index in [2.05, 4.69) is 15.0 Å². The maximum atomic E-state index is 12.3. The lowest BCUT2D eigenvalue weighted by Crippen LogP contribution is -2.27. The molecule has 0 bridgehead atoms. The summed E-state index contributed by atoms with van der Waals surface area (Å²) < 4.78 is 27.1. The number of aromatic nitrogens is 1. The molecule has 0 fully saturated rings. The fraction of sp³-hybridized carbons (Fsp3) is 0.267. The molecule has 112 valence electrons. The van der Waals surface area contributed by atoms with Gasteiger partial charge in [-0.15, -0.1) is 0 Å². The first kappa shape index (κ1) is 15.5. The highest BCUT2D eigenvalue weighted by Crippen LogP contribution is 2.17. The van der Waals surface area contributed by atoms with E-state index in [0.717, 1.165) is 11.1 Å². The van der Waals surface area contributed by atoms with Gasteiger partial charge in [0.25, 0.3) is 10.0 Å². The second-order valence-electron chi connectivity index (χ2n) is 4.68. The lowest BCUT2D eigenvalue weighted by molar-refractivity contribution is 0.578. The summed E-state index contributed by atoms with van der Waals surface area (Å²) in [6, 6.07) is 11.3. The van der Waals surface area contributed by atoms with Crippen LogP contribution in [-0.4, -0.2) is 27.0 Å². The van der Waals surface area contributed by atoms with Crippen LogP contribution in [0.2, 0.25) is 0 Å². The zero-order chi connectivity index (χ0) is 15.3. The molecule has 2 aromatic rings. The van der Waals surface area contributed by atoms with Gasteiger partial charge in [-0.1, -0.05) is 24.3 Å². The van der Waals surface area contributed by atoms with Crippen molar-refractivity contribution in [1.29, 1.82) is 0 Å². The first-order chi connectivity index (χ1) is 10.0. The summed E-state index contributed by atoms with van der Waals surface area (Å²) in [5.74, 6) is 0. The Kier molecular flexibility index (Phi) is 4.93.